The molecule has 5 heterocycles. The van der Waals surface area contributed by atoms with Crippen LogP contribution >= 0.6 is 0 Å². The zero-order valence-electron chi connectivity index (χ0n) is 41.7. The molecule has 0 bridgehead atoms. The van der Waals surface area contributed by atoms with Crippen molar-refractivity contribution in [1.29, 1.82) is 0 Å². The van der Waals surface area contributed by atoms with Gasteiger partial charge in [0.1, 0.15) is 97.7 Å². The van der Waals surface area contributed by atoms with Gasteiger partial charge in [0.05, 0.1) is 44.2 Å². The fourth-order valence-electron chi connectivity index (χ4n) is 9.65. The van der Waals surface area contributed by atoms with Crippen LogP contribution in [0.2, 0.25) is 0 Å². The zero-order valence-corrected chi connectivity index (χ0v) is 41.7. The SMILES string of the molecule is CCCCC[C@@H](CCCCCCCCCC(=O)OC)O[C@@H]1O[C@H](C)[C@H](O)[C@H](O)[C@H]1O[C@@H]1O[C@@H](C)[C@H](O[C@@H]2O[C@@H](C)[C@H](O[C@@H]3O[C@@H](C)[C@H](O)[C@@H](O)[C@H]3O)[C@@H](O[C@@H]3O[C@H](CO)[C@@H](O)[C@H](O)[C@H]3O)[C@H]2O)[C@@H](O)[C@H]1O. The molecule has 0 saturated carbocycles. The summed E-state index contributed by atoms with van der Waals surface area (Å²) >= 11 is 0. The molecule has 416 valence electrons. The Labute approximate surface area is 414 Å². The van der Waals surface area contributed by atoms with Crippen molar-refractivity contribution in [1.82, 2.24) is 0 Å². The summed E-state index contributed by atoms with van der Waals surface area (Å²) in [5.41, 5.74) is 0. The summed E-state index contributed by atoms with van der Waals surface area (Å²) in [4.78, 5) is 11.4. The summed E-state index contributed by atoms with van der Waals surface area (Å²) in [6.07, 6.45) is -28.2. The van der Waals surface area contributed by atoms with Crippen LogP contribution in [-0.4, -0.2) is 241 Å². The Morgan fingerprint density at radius 1 is 0.437 bits per heavy atom. The molecule has 24 heteroatoms. The summed E-state index contributed by atoms with van der Waals surface area (Å²) in [5.74, 6) is -0.206. The zero-order chi connectivity index (χ0) is 52.3. The molecule has 5 aliphatic heterocycles. The van der Waals surface area contributed by atoms with Crippen LogP contribution in [0.1, 0.15) is 118 Å². The first-order valence-corrected chi connectivity index (χ1v) is 25.4. The van der Waals surface area contributed by atoms with Crippen LogP contribution in [0.15, 0.2) is 0 Å². The molecule has 0 radical (unpaired) electrons. The molecule has 0 aromatic heterocycles. The van der Waals surface area contributed by atoms with Crippen LogP contribution in [0.25, 0.3) is 0 Å². The third-order valence-corrected chi connectivity index (χ3v) is 14.2. The quantitative estimate of drug-likeness (QED) is 0.0342. The maximum Gasteiger partial charge on any atom is 0.305 e. The highest BCUT2D eigenvalue weighted by molar-refractivity contribution is 5.68. The first kappa shape index (κ1) is 60.5. The van der Waals surface area contributed by atoms with E-state index in [0.29, 0.717) is 19.3 Å². The van der Waals surface area contributed by atoms with Crippen LogP contribution in [0.3, 0.4) is 0 Å². The van der Waals surface area contributed by atoms with Crippen LogP contribution in [-0.2, 0) is 56.9 Å². The summed E-state index contributed by atoms with van der Waals surface area (Å²) in [6.45, 7) is 7.19. The average Bonchev–Trinajstić information content (AvgIpc) is 3.34. The Balaban J connectivity index is 1.26. The normalized spacial score (nSPS) is 44.8. The number of ether oxygens (including phenoxy) is 11. The first-order valence-electron chi connectivity index (χ1n) is 25.4. The van der Waals surface area contributed by atoms with Crippen molar-refractivity contribution in [3.05, 3.63) is 0 Å². The number of aliphatic hydroxyl groups excluding tert-OH is 12. The summed E-state index contributed by atoms with van der Waals surface area (Å²) in [7, 11) is 1.38. The molecule has 5 aliphatic rings. The summed E-state index contributed by atoms with van der Waals surface area (Å²) < 4.78 is 64.8. The van der Waals surface area contributed by atoms with Crippen molar-refractivity contribution in [2.24, 2.45) is 0 Å². The lowest BCUT2D eigenvalue weighted by atomic mass is 9.95. The number of carbonyl (C=O) groups excluding carboxylic acids is 1. The van der Waals surface area contributed by atoms with Crippen LogP contribution < -0.4 is 0 Å². The number of carbonyl (C=O) groups is 1. The molecule has 0 amide bonds. The Hall–Kier alpha value is -1.41. The fraction of sp³-hybridized carbons (Fsp3) is 0.979. The molecule has 5 rings (SSSR count). The van der Waals surface area contributed by atoms with Crippen LogP contribution in [0.4, 0.5) is 0 Å². The lowest BCUT2D eigenvalue weighted by Gasteiger charge is -2.50. The van der Waals surface area contributed by atoms with E-state index in [-0.39, 0.29) is 12.1 Å². The third kappa shape index (κ3) is 15.6. The largest absolute Gasteiger partial charge is 0.469 e. The molecular weight excluding hydrogens is 948 g/mol. The maximum atomic E-state index is 11.9. The molecule has 0 aromatic carbocycles. The molecule has 26 atom stereocenters. The first-order chi connectivity index (χ1) is 33.7. The summed E-state index contributed by atoms with van der Waals surface area (Å²) in [5, 5.41) is 130. The maximum absolute atomic E-state index is 11.9. The molecule has 12 N–H and O–H groups in total. The highest BCUT2D eigenvalue weighted by Crippen LogP contribution is 2.37. The third-order valence-electron chi connectivity index (χ3n) is 14.2. The van der Waals surface area contributed by atoms with E-state index in [1.165, 1.54) is 27.9 Å². The number of methoxy groups -OCH3 is 1. The van der Waals surface area contributed by atoms with Gasteiger partial charge in [0, 0.05) is 6.42 Å². The van der Waals surface area contributed by atoms with E-state index in [2.05, 4.69) is 6.92 Å². The fourth-order valence-corrected chi connectivity index (χ4v) is 9.65. The minimum Gasteiger partial charge on any atom is -0.469 e. The Morgan fingerprint density at radius 3 is 1.45 bits per heavy atom. The second-order valence-corrected chi connectivity index (χ2v) is 19.7. The van der Waals surface area contributed by atoms with Crippen molar-refractivity contribution >= 4 is 5.97 Å². The topological polar surface area (TPSA) is 361 Å². The van der Waals surface area contributed by atoms with E-state index < -0.39 is 160 Å². The number of hydrogen-bond acceptors (Lipinski definition) is 24. The average molecular weight is 1030 g/mol. The van der Waals surface area contributed by atoms with Crippen molar-refractivity contribution in [3.8, 4) is 0 Å². The predicted octanol–water partition coefficient (Wildman–Crippen LogP) is -2.16. The van der Waals surface area contributed by atoms with Gasteiger partial charge in [-0.25, -0.2) is 0 Å². The standard InChI is InChI=1S/C47H84O24/c1-7-8-14-17-25(18-15-12-10-9-11-13-16-19-27(49)61-6)66-47-42(33(55)29(51)22(3)63-47)71-44-37(59)34(56)39(23(4)64-44)68-46-38(60)41(70-45-36(58)32(54)30(52)26(20-48)67-45)40(24(5)65-46)69-43-35(57)31(53)28(50)21(2)62-43/h21-26,28-48,50-60H,7-20H2,1-6H3/t21-,22+,23-,24-,25-,26+,28-,29-,30+,31+,32-,33-,34-,35+,36+,37+,38+,39-,40-,41-,42+,43-,44-,45-,46-,47-/m0/s1. The molecule has 5 fully saturated rings. The number of esters is 1. The van der Waals surface area contributed by atoms with Gasteiger partial charge in [-0.2, -0.15) is 0 Å². The lowest BCUT2D eigenvalue weighted by molar-refractivity contribution is -0.400. The number of hydrogen-bond donors (Lipinski definition) is 12. The lowest BCUT2D eigenvalue weighted by Crippen LogP contribution is -2.67. The van der Waals surface area contributed by atoms with Gasteiger partial charge < -0.3 is 113 Å². The Bertz CT molecular complexity index is 1530. The highest BCUT2D eigenvalue weighted by atomic mass is 16.8. The minimum atomic E-state index is -1.95. The second-order valence-electron chi connectivity index (χ2n) is 19.7. The van der Waals surface area contributed by atoms with E-state index in [0.717, 1.165) is 64.2 Å². The minimum absolute atomic E-state index is 0.206. The van der Waals surface area contributed by atoms with Crippen LogP contribution in [0, 0.1) is 0 Å². The van der Waals surface area contributed by atoms with Crippen molar-refractivity contribution < 1.29 is 118 Å². The van der Waals surface area contributed by atoms with Crippen molar-refractivity contribution in [2.75, 3.05) is 13.7 Å². The molecule has 0 aliphatic carbocycles. The van der Waals surface area contributed by atoms with Crippen LogP contribution in [0.5, 0.6) is 0 Å². The van der Waals surface area contributed by atoms with Crippen molar-refractivity contribution in [3.63, 3.8) is 0 Å². The monoisotopic (exact) mass is 1030 g/mol. The van der Waals surface area contributed by atoms with Gasteiger partial charge in [-0.05, 0) is 47.0 Å². The number of aliphatic hydroxyl groups is 12. The molecule has 71 heavy (non-hydrogen) atoms. The van der Waals surface area contributed by atoms with Gasteiger partial charge in [-0.1, -0.05) is 64.7 Å². The van der Waals surface area contributed by atoms with Crippen molar-refractivity contribution in [2.45, 2.75) is 278 Å². The van der Waals surface area contributed by atoms with Gasteiger partial charge in [0.25, 0.3) is 0 Å². The number of rotatable bonds is 25. The molecule has 0 aromatic rings. The van der Waals surface area contributed by atoms with E-state index in [1.54, 1.807) is 6.92 Å². The van der Waals surface area contributed by atoms with Gasteiger partial charge >= 0.3 is 5.97 Å². The smallest absolute Gasteiger partial charge is 0.305 e. The van der Waals surface area contributed by atoms with E-state index >= 15 is 0 Å². The molecule has 5 saturated heterocycles. The van der Waals surface area contributed by atoms with E-state index in [1.807, 2.05) is 0 Å². The van der Waals surface area contributed by atoms with Gasteiger partial charge in [0.2, 0.25) is 0 Å². The molecule has 0 unspecified atom stereocenters. The Morgan fingerprint density at radius 2 is 0.859 bits per heavy atom. The van der Waals surface area contributed by atoms with Gasteiger partial charge in [-0.3, -0.25) is 4.79 Å². The highest BCUT2D eigenvalue weighted by Gasteiger charge is 2.56. The van der Waals surface area contributed by atoms with E-state index in [4.69, 9.17) is 52.1 Å². The van der Waals surface area contributed by atoms with Gasteiger partial charge in [0.15, 0.2) is 31.5 Å². The molecular formula is C47H84O24. The molecule has 0 spiro atoms. The van der Waals surface area contributed by atoms with Gasteiger partial charge in [-0.15, -0.1) is 0 Å². The Kier molecular flexibility index (Phi) is 24.4. The summed E-state index contributed by atoms with van der Waals surface area (Å²) in [6, 6.07) is 0. The second kappa shape index (κ2) is 28.6. The number of unbranched alkanes of at least 4 members (excludes halogenated alkanes) is 8. The van der Waals surface area contributed by atoms with E-state index in [9.17, 15) is 66.1 Å². The molecule has 24 nitrogen and oxygen atoms in total. The predicted molar refractivity (Wildman–Crippen MR) is 241 cm³/mol.